The Bertz CT molecular complexity index is 1420. The lowest BCUT2D eigenvalue weighted by Gasteiger charge is -2.45. The van der Waals surface area contributed by atoms with Crippen molar-refractivity contribution in [3.05, 3.63) is 39.7 Å². The van der Waals surface area contributed by atoms with Crippen molar-refractivity contribution in [2.75, 3.05) is 40.4 Å². The maximum Gasteiger partial charge on any atom is 0.312 e. The van der Waals surface area contributed by atoms with Crippen LogP contribution in [0.2, 0.25) is 5.02 Å². The summed E-state index contributed by atoms with van der Waals surface area (Å²) >= 11 is 6.68. The molecule has 11 nitrogen and oxygen atoms in total. The SMILES string of the molecule is COC(=O)[C@@]1(C)CCC(=O)CC1C(=O)N1CCc2c(Cl)ccc(OC/C(N)=C(\C(F)F)N(C)N)c2C1CN1CC2(CC2)CC1=O. The molecule has 2 amide bonds. The van der Waals surface area contributed by atoms with E-state index in [1.807, 2.05) is 0 Å². The van der Waals surface area contributed by atoms with E-state index < -0.39 is 48.0 Å². The number of rotatable bonds is 9. The fourth-order valence-corrected chi connectivity index (χ4v) is 7.40. The molecule has 1 spiro atoms. The average molecular weight is 652 g/mol. The van der Waals surface area contributed by atoms with E-state index in [1.165, 1.54) is 14.2 Å². The van der Waals surface area contributed by atoms with Crippen LogP contribution in [-0.4, -0.2) is 85.2 Å². The van der Waals surface area contributed by atoms with E-state index in [-0.39, 0.29) is 60.9 Å². The van der Waals surface area contributed by atoms with Crippen molar-refractivity contribution in [2.24, 2.45) is 28.3 Å². The number of alkyl halides is 2. The average Bonchev–Trinajstić information content (AvgIpc) is 3.67. The van der Waals surface area contributed by atoms with Gasteiger partial charge in [-0.05, 0) is 55.7 Å². The molecule has 2 aliphatic carbocycles. The fraction of sp³-hybridized carbons (Fsp3) is 0.613. The van der Waals surface area contributed by atoms with Gasteiger partial charge >= 0.3 is 5.97 Å². The number of halogens is 3. The van der Waals surface area contributed by atoms with Crippen LogP contribution in [0.15, 0.2) is 23.5 Å². The van der Waals surface area contributed by atoms with Gasteiger partial charge < -0.3 is 30.0 Å². The van der Waals surface area contributed by atoms with Crippen molar-refractivity contribution in [1.29, 1.82) is 0 Å². The zero-order chi connectivity index (χ0) is 32.8. The molecule has 2 saturated carbocycles. The number of fused-ring (bicyclic) bond motifs is 1. The highest BCUT2D eigenvalue weighted by molar-refractivity contribution is 6.31. The van der Waals surface area contributed by atoms with Crippen molar-refractivity contribution < 1.29 is 37.4 Å². The normalized spacial score (nSPS) is 26.1. The van der Waals surface area contributed by atoms with Gasteiger partial charge in [0.05, 0.1) is 30.2 Å². The standard InChI is InChI=1S/C31H40ClF2N5O6/c1-30(29(43)44-3)8-6-17(40)12-19(30)28(42)39-11-7-18-20(32)4-5-23(45-15-21(35)26(27(33)34)37(2)36)25(18)22(39)14-38-16-31(9-10-31)13-24(38)41/h4-5,19,22,27H,6-16,35-36H2,1-3H3/b26-21-/t19?,22?,30-/m0/s1. The van der Waals surface area contributed by atoms with Gasteiger partial charge in [0.15, 0.2) is 0 Å². The van der Waals surface area contributed by atoms with E-state index in [4.69, 9.17) is 32.7 Å². The number of likely N-dealkylation sites (tertiary alicyclic amines) is 1. The number of Topliss-reactive ketones (excluding diaryl/α,β-unsaturated/α-hetero) is 1. The third-order valence-corrected chi connectivity index (χ3v) is 10.3. The van der Waals surface area contributed by atoms with Crippen molar-refractivity contribution >= 4 is 35.2 Å². The number of hydrogen-bond acceptors (Lipinski definition) is 9. The minimum Gasteiger partial charge on any atom is -0.487 e. The molecule has 45 heavy (non-hydrogen) atoms. The van der Waals surface area contributed by atoms with Crippen LogP contribution in [0.1, 0.15) is 62.6 Å². The quantitative estimate of drug-likeness (QED) is 0.234. The number of nitrogens with zero attached hydrogens (tertiary/aromatic N) is 3. The van der Waals surface area contributed by atoms with Gasteiger partial charge in [-0.2, -0.15) is 0 Å². The number of esters is 1. The molecule has 5 rings (SSSR count). The van der Waals surface area contributed by atoms with Crippen molar-refractivity contribution in [2.45, 2.75) is 64.3 Å². The zero-order valence-corrected chi connectivity index (χ0v) is 26.5. The number of carbonyl (C=O) groups is 4. The highest BCUT2D eigenvalue weighted by Gasteiger charge is 2.54. The number of methoxy groups -OCH3 is 1. The van der Waals surface area contributed by atoms with Crippen LogP contribution in [0.3, 0.4) is 0 Å². The van der Waals surface area contributed by atoms with Crippen LogP contribution in [0.4, 0.5) is 8.78 Å². The van der Waals surface area contributed by atoms with E-state index in [9.17, 15) is 28.0 Å². The maximum absolute atomic E-state index is 14.5. The summed E-state index contributed by atoms with van der Waals surface area (Å²) in [5, 5.41) is 1.16. The molecule has 3 fully saturated rings. The summed E-state index contributed by atoms with van der Waals surface area (Å²) in [6, 6.07) is 2.45. The molecular formula is C31H40ClF2N5O6. The predicted octanol–water partition coefficient (Wildman–Crippen LogP) is 2.95. The zero-order valence-electron chi connectivity index (χ0n) is 25.7. The van der Waals surface area contributed by atoms with E-state index >= 15 is 0 Å². The van der Waals surface area contributed by atoms with Crippen molar-refractivity contribution in [3.63, 3.8) is 0 Å². The Morgan fingerprint density at radius 2 is 1.91 bits per heavy atom. The molecule has 0 bridgehead atoms. The lowest BCUT2D eigenvalue weighted by molar-refractivity contribution is -0.166. The van der Waals surface area contributed by atoms with Crippen LogP contribution in [0.5, 0.6) is 5.75 Å². The second-order valence-electron chi connectivity index (χ2n) is 13.0. The first kappa shape index (κ1) is 32.9. The summed E-state index contributed by atoms with van der Waals surface area (Å²) in [6.07, 6.45) is -0.0692. The first-order valence-corrected chi connectivity index (χ1v) is 15.5. The van der Waals surface area contributed by atoms with Gasteiger partial charge in [-0.1, -0.05) is 11.6 Å². The summed E-state index contributed by atoms with van der Waals surface area (Å²) in [6.45, 7) is 2.11. The van der Waals surface area contributed by atoms with E-state index in [1.54, 1.807) is 28.9 Å². The van der Waals surface area contributed by atoms with Crippen molar-refractivity contribution in [1.82, 2.24) is 14.8 Å². The number of ketones is 1. The number of allylic oxidation sites excluding steroid dienone is 1. The Kier molecular flexibility index (Phi) is 9.07. The Labute approximate surface area is 265 Å². The van der Waals surface area contributed by atoms with Gasteiger partial charge in [0.25, 0.3) is 6.43 Å². The number of amides is 2. The summed E-state index contributed by atoms with van der Waals surface area (Å²) < 4.78 is 38.4. The third-order valence-electron chi connectivity index (χ3n) is 9.98. The Morgan fingerprint density at radius 1 is 1.20 bits per heavy atom. The highest BCUT2D eigenvalue weighted by Crippen LogP contribution is 2.54. The molecule has 0 aromatic heterocycles. The molecular weight excluding hydrogens is 612 g/mol. The van der Waals surface area contributed by atoms with Gasteiger partial charge in [0.1, 0.15) is 23.8 Å². The van der Waals surface area contributed by atoms with E-state index in [0.29, 0.717) is 35.5 Å². The monoisotopic (exact) mass is 651 g/mol. The van der Waals surface area contributed by atoms with Crippen LogP contribution < -0.4 is 16.3 Å². The molecule has 1 aromatic carbocycles. The second-order valence-corrected chi connectivity index (χ2v) is 13.4. The van der Waals surface area contributed by atoms with Gasteiger partial charge in [0, 0.05) is 56.5 Å². The van der Waals surface area contributed by atoms with Crippen LogP contribution in [0.25, 0.3) is 0 Å². The summed E-state index contributed by atoms with van der Waals surface area (Å²) in [4.78, 5) is 56.7. The number of nitrogens with two attached hydrogens (primary N) is 2. The molecule has 0 radical (unpaired) electrons. The highest BCUT2D eigenvalue weighted by atomic mass is 35.5. The van der Waals surface area contributed by atoms with Crippen LogP contribution in [-0.2, 0) is 30.3 Å². The molecule has 1 aromatic rings. The molecule has 4 aliphatic rings. The number of carbonyl (C=O) groups excluding carboxylic acids is 4. The number of hydrazine groups is 1. The molecule has 3 atom stereocenters. The molecule has 2 heterocycles. The molecule has 246 valence electrons. The topological polar surface area (TPSA) is 148 Å². The second kappa shape index (κ2) is 12.4. The van der Waals surface area contributed by atoms with Crippen LogP contribution in [0, 0.1) is 16.7 Å². The number of benzene rings is 1. The lowest BCUT2D eigenvalue weighted by Crippen LogP contribution is -2.54. The number of ether oxygens (including phenoxy) is 2. The van der Waals surface area contributed by atoms with E-state index in [2.05, 4.69) is 0 Å². The van der Waals surface area contributed by atoms with Gasteiger partial charge in [0.2, 0.25) is 11.8 Å². The Hall–Kier alpha value is -3.45. The first-order valence-electron chi connectivity index (χ1n) is 15.1. The maximum atomic E-state index is 14.5. The van der Waals surface area contributed by atoms with Gasteiger partial charge in [-0.25, -0.2) is 14.6 Å². The summed E-state index contributed by atoms with van der Waals surface area (Å²) in [5.41, 5.74) is 5.07. The van der Waals surface area contributed by atoms with Gasteiger partial charge in [-0.3, -0.25) is 19.2 Å². The minimum absolute atomic E-state index is 0.0245. The molecule has 4 N–H and O–H groups in total. The minimum atomic E-state index is -2.94. The third kappa shape index (κ3) is 6.20. The Balaban J connectivity index is 1.56. The lowest BCUT2D eigenvalue weighted by atomic mass is 9.66. The fourth-order valence-electron chi connectivity index (χ4n) is 7.14. The van der Waals surface area contributed by atoms with Crippen molar-refractivity contribution in [3.8, 4) is 5.75 Å². The smallest absolute Gasteiger partial charge is 0.312 e. The summed E-state index contributed by atoms with van der Waals surface area (Å²) in [5.74, 6) is 3.74. The molecule has 1 saturated heterocycles. The molecule has 14 heteroatoms. The molecule has 2 unspecified atom stereocenters. The first-order chi connectivity index (χ1) is 21.2. The van der Waals surface area contributed by atoms with E-state index in [0.717, 1.165) is 17.9 Å². The summed E-state index contributed by atoms with van der Waals surface area (Å²) in [7, 11) is 2.50. The molecule has 2 aliphatic heterocycles. The largest absolute Gasteiger partial charge is 0.487 e. The Morgan fingerprint density at radius 3 is 2.51 bits per heavy atom. The van der Waals surface area contributed by atoms with Gasteiger partial charge in [-0.15, -0.1) is 0 Å². The number of hydrogen-bond donors (Lipinski definition) is 2. The van der Waals surface area contributed by atoms with Crippen LogP contribution >= 0.6 is 11.6 Å². The predicted molar refractivity (Wildman–Crippen MR) is 160 cm³/mol.